The highest BCUT2D eigenvalue weighted by Crippen LogP contribution is 2.36. The number of aliphatic imine (C=N–C) groups is 1. The number of guanidine groups is 1. The van der Waals surface area contributed by atoms with Gasteiger partial charge in [-0.3, -0.25) is 4.79 Å². The first-order valence-corrected chi connectivity index (χ1v) is 10.4. The third kappa shape index (κ3) is 8.46. The van der Waals surface area contributed by atoms with Gasteiger partial charge in [0.1, 0.15) is 12.3 Å². The molecule has 0 radical (unpaired) electrons. The minimum atomic E-state index is -0.00675. The number of carbonyl (C=O) groups excluding carboxylic acids is 1. The first-order chi connectivity index (χ1) is 12.9. The van der Waals surface area contributed by atoms with Crippen LogP contribution in [0.15, 0.2) is 29.3 Å². The van der Waals surface area contributed by atoms with Gasteiger partial charge < -0.3 is 20.3 Å². The molecule has 158 valence electrons. The average Bonchev–Trinajstić information content (AvgIpc) is 3.10. The molecule has 1 atom stereocenters. The van der Waals surface area contributed by atoms with E-state index in [0.29, 0.717) is 5.96 Å². The van der Waals surface area contributed by atoms with Crippen LogP contribution in [0.25, 0.3) is 0 Å². The van der Waals surface area contributed by atoms with Crippen LogP contribution in [0.4, 0.5) is 0 Å². The molecule has 0 saturated carbocycles. The fraction of sp³-hybridized carbons (Fsp3) is 0.600. The van der Waals surface area contributed by atoms with Crippen LogP contribution in [0.1, 0.15) is 25.3 Å². The standard InChI is InChI=1S/C20H32N4O2S.HI/c1-20(11-5-13-27-20)15-23-19(22-14-18(25)24(2)3)21-12-10-16-6-8-17(26-4)9-7-16;/h6-9H,5,10-15H2,1-4H3,(H2,21,22,23);1H. The van der Waals surface area contributed by atoms with Crippen LogP contribution in [-0.4, -0.2) is 68.1 Å². The zero-order valence-electron chi connectivity index (χ0n) is 17.3. The number of thioether (sulfide) groups is 1. The number of methoxy groups -OCH3 is 1. The molecule has 0 aliphatic carbocycles. The van der Waals surface area contributed by atoms with Gasteiger partial charge in [0, 0.05) is 31.9 Å². The Hall–Kier alpha value is -1.16. The lowest BCUT2D eigenvalue weighted by Crippen LogP contribution is -2.44. The van der Waals surface area contributed by atoms with Gasteiger partial charge in [-0.25, -0.2) is 4.99 Å². The van der Waals surface area contributed by atoms with Gasteiger partial charge in [-0.2, -0.15) is 11.8 Å². The molecule has 1 aromatic rings. The van der Waals surface area contributed by atoms with Gasteiger partial charge in [0.15, 0.2) is 5.96 Å². The zero-order valence-corrected chi connectivity index (χ0v) is 20.4. The molecule has 8 heteroatoms. The van der Waals surface area contributed by atoms with E-state index in [9.17, 15) is 4.79 Å². The monoisotopic (exact) mass is 520 g/mol. The lowest BCUT2D eigenvalue weighted by Gasteiger charge is -2.24. The predicted octanol–water partition coefficient (Wildman–Crippen LogP) is 2.76. The van der Waals surface area contributed by atoms with Crippen molar-refractivity contribution in [3.8, 4) is 5.75 Å². The van der Waals surface area contributed by atoms with E-state index >= 15 is 0 Å². The Morgan fingerprint density at radius 1 is 1.29 bits per heavy atom. The number of ether oxygens (including phenoxy) is 1. The van der Waals surface area contributed by atoms with Crippen molar-refractivity contribution >= 4 is 47.6 Å². The average molecular weight is 520 g/mol. The second-order valence-electron chi connectivity index (χ2n) is 7.23. The highest BCUT2D eigenvalue weighted by atomic mass is 127. The molecule has 0 bridgehead atoms. The van der Waals surface area contributed by atoms with Crippen LogP contribution in [0.2, 0.25) is 0 Å². The Bertz CT molecular complexity index is 632. The third-order valence-corrected chi connectivity index (χ3v) is 6.20. The smallest absolute Gasteiger partial charge is 0.243 e. The fourth-order valence-electron chi connectivity index (χ4n) is 2.83. The fourth-order valence-corrected chi connectivity index (χ4v) is 4.07. The normalized spacial score (nSPS) is 18.9. The molecule has 0 aromatic heterocycles. The minimum absolute atomic E-state index is 0. The van der Waals surface area contributed by atoms with E-state index in [1.807, 2.05) is 23.9 Å². The SMILES string of the molecule is COc1ccc(CCNC(=NCC(=O)N(C)C)NCC2(C)CCCS2)cc1.I. The molecule has 1 aliphatic heterocycles. The molecule has 6 nitrogen and oxygen atoms in total. The molecule has 28 heavy (non-hydrogen) atoms. The first-order valence-electron chi connectivity index (χ1n) is 9.41. The lowest BCUT2D eigenvalue weighted by molar-refractivity contribution is -0.127. The summed E-state index contributed by atoms with van der Waals surface area (Å²) in [4.78, 5) is 17.9. The number of likely N-dealkylation sites (N-methyl/N-ethyl adjacent to an activating group) is 1. The summed E-state index contributed by atoms with van der Waals surface area (Å²) in [7, 11) is 5.17. The third-order valence-electron chi connectivity index (χ3n) is 4.67. The number of hydrogen-bond donors (Lipinski definition) is 2. The van der Waals surface area contributed by atoms with Crippen LogP contribution in [0.3, 0.4) is 0 Å². The van der Waals surface area contributed by atoms with E-state index in [2.05, 4.69) is 34.7 Å². The number of carbonyl (C=O) groups is 1. The van der Waals surface area contributed by atoms with E-state index < -0.39 is 0 Å². The van der Waals surface area contributed by atoms with Crippen molar-refractivity contribution in [2.24, 2.45) is 4.99 Å². The summed E-state index contributed by atoms with van der Waals surface area (Å²) in [5.41, 5.74) is 1.23. The Morgan fingerprint density at radius 3 is 2.57 bits per heavy atom. The molecule has 1 fully saturated rings. The number of hydrogen-bond acceptors (Lipinski definition) is 4. The molecule has 2 N–H and O–H groups in total. The Labute approximate surface area is 190 Å². The summed E-state index contributed by atoms with van der Waals surface area (Å²) in [6, 6.07) is 8.07. The van der Waals surface area contributed by atoms with Crippen LogP contribution >= 0.6 is 35.7 Å². The quantitative estimate of drug-likeness (QED) is 0.314. The van der Waals surface area contributed by atoms with Gasteiger partial charge in [0.05, 0.1) is 7.11 Å². The number of nitrogens with one attached hydrogen (secondary N) is 2. The van der Waals surface area contributed by atoms with Crippen molar-refractivity contribution < 1.29 is 9.53 Å². The van der Waals surface area contributed by atoms with Gasteiger partial charge >= 0.3 is 0 Å². The Morgan fingerprint density at radius 2 is 2.00 bits per heavy atom. The van der Waals surface area contributed by atoms with Crippen LogP contribution < -0.4 is 15.4 Å². The second kappa shape index (κ2) is 12.4. The number of benzene rings is 1. The van der Waals surface area contributed by atoms with Gasteiger partial charge in [0.2, 0.25) is 5.91 Å². The molecular weight excluding hydrogens is 487 g/mol. The lowest BCUT2D eigenvalue weighted by atomic mass is 10.1. The summed E-state index contributed by atoms with van der Waals surface area (Å²) in [6.45, 7) is 4.03. The van der Waals surface area contributed by atoms with Gasteiger partial charge in [-0.05, 0) is 49.6 Å². The predicted molar refractivity (Wildman–Crippen MR) is 129 cm³/mol. The van der Waals surface area contributed by atoms with Gasteiger partial charge in [0.25, 0.3) is 0 Å². The molecular formula is C20H33IN4O2S. The molecule has 1 aliphatic rings. The van der Waals surface area contributed by atoms with E-state index in [1.165, 1.54) is 24.2 Å². The first kappa shape index (κ1) is 24.9. The molecule has 1 aromatic carbocycles. The largest absolute Gasteiger partial charge is 0.497 e. The molecule has 1 amide bonds. The zero-order chi connectivity index (χ0) is 19.7. The summed E-state index contributed by atoms with van der Waals surface area (Å²) < 4.78 is 5.43. The van der Waals surface area contributed by atoms with Crippen LogP contribution in [0.5, 0.6) is 5.75 Å². The van der Waals surface area contributed by atoms with E-state index in [0.717, 1.165) is 25.3 Å². The number of halogens is 1. The maximum Gasteiger partial charge on any atom is 0.243 e. The van der Waals surface area contributed by atoms with Crippen molar-refractivity contribution in [2.75, 3.05) is 46.6 Å². The van der Waals surface area contributed by atoms with Crippen LogP contribution in [0, 0.1) is 0 Å². The molecule has 2 rings (SSSR count). The van der Waals surface area contributed by atoms with Gasteiger partial charge in [-0.15, -0.1) is 24.0 Å². The number of amides is 1. The molecule has 0 spiro atoms. The summed E-state index contributed by atoms with van der Waals surface area (Å²) in [5.74, 6) is 2.77. The number of rotatable bonds is 8. The van der Waals surface area contributed by atoms with Gasteiger partial charge in [-0.1, -0.05) is 12.1 Å². The maximum absolute atomic E-state index is 11.9. The second-order valence-corrected chi connectivity index (χ2v) is 8.92. The van der Waals surface area contributed by atoms with Crippen molar-refractivity contribution in [3.05, 3.63) is 29.8 Å². The van der Waals surface area contributed by atoms with E-state index in [-0.39, 0.29) is 41.2 Å². The van der Waals surface area contributed by atoms with E-state index in [4.69, 9.17) is 4.74 Å². The maximum atomic E-state index is 11.9. The number of nitrogens with zero attached hydrogens (tertiary/aromatic N) is 2. The minimum Gasteiger partial charge on any atom is -0.497 e. The van der Waals surface area contributed by atoms with Crippen LogP contribution in [-0.2, 0) is 11.2 Å². The molecule has 1 saturated heterocycles. The summed E-state index contributed by atoms with van der Waals surface area (Å²) >= 11 is 2.01. The van der Waals surface area contributed by atoms with Crippen molar-refractivity contribution in [1.82, 2.24) is 15.5 Å². The van der Waals surface area contributed by atoms with E-state index in [1.54, 1.807) is 26.1 Å². The van der Waals surface area contributed by atoms with Crippen molar-refractivity contribution in [1.29, 1.82) is 0 Å². The Kier molecular flexibility index (Phi) is 11.0. The van der Waals surface area contributed by atoms with Crippen molar-refractivity contribution in [3.63, 3.8) is 0 Å². The highest BCUT2D eigenvalue weighted by Gasteiger charge is 2.29. The summed E-state index contributed by atoms with van der Waals surface area (Å²) in [6.07, 6.45) is 3.35. The molecule has 1 unspecified atom stereocenters. The molecule has 1 heterocycles. The topological polar surface area (TPSA) is 66.0 Å². The Balaban J connectivity index is 0.00000392. The summed E-state index contributed by atoms with van der Waals surface area (Å²) in [5, 5.41) is 6.79. The van der Waals surface area contributed by atoms with Crippen molar-refractivity contribution in [2.45, 2.75) is 30.9 Å². The highest BCUT2D eigenvalue weighted by molar-refractivity contribution is 14.0.